The number of benzene rings is 1. The molecule has 30 heavy (non-hydrogen) atoms. The summed E-state index contributed by atoms with van der Waals surface area (Å²) < 4.78 is 3.34. The second-order valence-corrected chi connectivity index (χ2v) is 8.84. The monoisotopic (exact) mass is 484 g/mol. The van der Waals surface area contributed by atoms with Crippen molar-refractivity contribution in [1.29, 1.82) is 0 Å². The maximum absolute atomic E-state index is 9.42. The van der Waals surface area contributed by atoms with E-state index < -0.39 is 0 Å². The minimum Gasteiger partial charge on any atom is -0.396 e. The first-order valence-corrected chi connectivity index (χ1v) is 11.2. The van der Waals surface area contributed by atoms with Crippen molar-refractivity contribution in [2.45, 2.75) is 32.4 Å². The number of aliphatic hydroxyl groups is 1. The number of halogens is 1. The summed E-state index contributed by atoms with van der Waals surface area (Å²) in [7, 11) is 0. The summed E-state index contributed by atoms with van der Waals surface area (Å²) in [5, 5.41) is 13.6. The van der Waals surface area contributed by atoms with Crippen LogP contribution < -0.4 is 5.32 Å². The molecule has 3 aromatic rings. The molecule has 0 amide bonds. The lowest BCUT2D eigenvalue weighted by atomic mass is 9.96. The third-order valence-electron chi connectivity index (χ3n) is 5.63. The van der Waals surface area contributed by atoms with Crippen molar-refractivity contribution in [2.75, 3.05) is 13.2 Å². The van der Waals surface area contributed by atoms with Crippen LogP contribution in [0.15, 0.2) is 59.2 Å². The van der Waals surface area contributed by atoms with Crippen LogP contribution in [0.1, 0.15) is 41.1 Å². The van der Waals surface area contributed by atoms with Crippen LogP contribution in [0, 0.1) is 13.8 Å². The van der Waals surface area contributed by atoms with Crippen molar-refractivity contribution in [3.05, 3.63) is 81.8 Å². The summed E-state index contributed by atoms with van der Waals surface area (Å²) in [5.41, 5.74) is 5.66. The standard InChI is InChI=1S/C23H25BrN4OS/c1-15-14-19(16(2)28(15)18-9-7-17(24)8-10-18)22-21(20-6-3-4-11-25-20)26-23(30)27(22)12-5-13-29/h3-4,6-11,14,21-22,29H,5,12-13H2,1-2H3,(H,26,30)/t21-,22+/m1/s1. The van der Waals surface area contributed by atoms with Gasteiger partial charge in [0.15, 0.2) is 5.11 Å². The van der Waals surface area contributed by atoms with E-state index in [1.807, 2.05) is 24.4 Å². The summed E-state index contributed by atoms with van der Waals surface area (Å²) in [4.78, 5) is 6.80. The van der Waals surface area contributed by atoms with Gasteiger partial charge in [-0.05, 0) is 80.5 Å². The Morgan fingerprint density at radius 2 is 1.93 bits per heavy atom. The van der Waals surface area contributed by atoms with Gasteiger partial charge in [0.2, 0.25) is 0 Å². The topological polar surface area (TPSA) is 53.3 Å². The van der Waals surface area contributed by atoms with Crippen LogP contribution in [-0.2, 0) is 0 Å². The van der Waals surface area contributed by atoms with Gasteiger partial charge in [-0.25, -0.2) is 0 Å². The molecule has 4 rings (SSSR count). The second-order valence-electron chi connectivity index (χ2n) is 7.54. The number of aliphatic hydroxyl groups excluding tert-OH is 1. The fourth-order valence-electron chi connectivity index (χ4n) is 4.30. The van der Waals surface area contributed by atoms with E-state index in [9.17, 15) is 5.11 Å². The summed E-state index contributed by atoms with van der Waals surface area (Å²) in [5.74, 6) is 0. The third-order valence-corrected chi connectivity index (χ3v) is 6.51. The molecule has 2 atom stereocenters. The van der Waals surface area contributed by atoms with Crippen molar-refractivity contribution in [3.8, 4) is 5.69 Å². The van der Waals surface area contributed by atoms with E-state index in [1.165, 1.54) is 17.0 Å². The SMILES string of the molecule is Cc1cc([C@H]2[C@@H](c3ccccn3)NC(=S)N2CCCO)c(C)n1-c1ccc(Br)cc1. The highest BCUT2D eigenvalue weighted by atomic mass is 79.9. The molecule has 0 saturated carbocycles. The zero-order chi connectivity index (χ0) is 21.3. The van der Waals surface area contributed by atoms with E-state index in [-0.39, 0.29) is 18.7 Å². The van der Waals surface area contributed by atoms with E-state index in [1.54, 1.807) is 0 Å². The molecule has 7 heteroatoms. The van der Waals surface area contributed by atoms with Gasteiger partial charge < -0.3 is 19.9 Å². The van der Waals surface area contributed by atoms with Gasteiger partial charge in [-0.1, -0.05) is 22.0 Å². The van der Waals surface area contributed by atoms with Crippen LogP contribution in [0.3, 0.4) is 0 Å². The van der Waals surface area contributed by atoms with Crippen molar-refractivity contribution < 1.29 is 5.11 Å². The zero-order valence-corrected chi connectivity index (χ0v) is 19.4. The fraction of sp³-hybridized carbons (Fsp3) is 0.304. The molecule has 2 aromatic heterocycles. The molecule has 1 aliphatic heterocycles. The van der Waals surface area contributed by atoms with Crippen LogP contribution in [0.5, 0.6) is 0 Å². The quantitative estimate of drug-likeness (QED) is 0.500. The first kappa shape index (κ1) is 21.0. The molecule has 1 fully saturated rings. The Kier molecular flexibility index (Phi) is 6.22. The highest BCUT2D eigenvalue weighted by Crippen LogP contribution is 2.41. The number of nitrogens with one attached hydrogen (secondary N) is 1. The third kappa shape index (κ3) is 3.89. The molecule has 0 bridgehead atoms. The van der Waals surface area contributed by atoms with E-state index in [2.05, 4.69) is 79.9 Å². The van der Waals surface area contributed by atoms with Gasteiger partial charge in [0, 0.05) is 40.9 Å². The normalized spacial score (nSPS) is 18.7. The van der Waals surface area contributed by atoms with Gasteiger partial charge in [-0.15, -0.1) is 0 Å². The first-order valence-electron chi connectivity index (χ1n) is 10.0. The summed E-state index contributed by atoms with van der Waals surface area (Å²) in [6, 6.07) is 16.5. The number of hydrogen-bond acceptors (Lipinski definition) is 3. The maximum atomic E-state index is 9.42. The summed E-state index contributed by atoms with van der Waals surface area (Å²) in [6.07, 6.45) is 2.48. The van der Waals surface area contributed by atoms with Crippen LogP contribution in [-0.4, -0.2) is 37.8 Å². The number of aromatic nitrogens is 2. The summed E-state index contributed by atoms with van der Waals surface area (Å²) >= 11 is 9.21. The molecule has 0 unspecified atom stereocenters. The Balaban J connectivity index is 1.81. The van der Waals surface area contributed by atoms with Gasteiger partial charge in [0.25, 0.3) is 0 Å². The fourth-order valence-corrected chi connectivity index (χ4v) is 4.90. The molecule has 1 aromatic carbocycles. The van der Waals surface area contributed by atoms with Crippen LogP contribution in [0.25, 0.3) is 5.69 Å². The van der Waals surface area contributed by atoms with Gasteiger partial charge in [0.05, 0.1) is 17.8 Å². The van der Waals surface area contributed by atoms with Crippen molar-refractivity contribution in [3.63, 3.8) is 0 Å². The van der Waals surface area contributed by atoms with Crippen LogP contribution >= 0.6 is 28.1 Å². The lowest BCUT2D eigenvalue weighted by molar-refractivity contribution is 0.247. The Labute approximate surface area is 190 Å². The molecule has 1 saturated heterocycles. The van der Waals surface area contributed by atoms with Gasteiger partial charge in [-0.3, -0.25) is 4.98 Å². The molecule has 3 heterocycles. The Bertz CT molecular complexity index is 1040. The predicted octanol–water partition coefficient (Wildman–Crippen LogP) is 4.61. The van der Waals surface area contributed by atoms with E-state index in [4.69, 9.17) is 12.2 Å². The number of aryl methyl sites for hydroxylation is 1. The number of nitrogens with zero attached hydrogens (tertiary/aromatic N) is 3. The van der Waals surface area contributed by atoms with Crippen molar-refractivity contribution >= 4 is 33.3 Å². The highest BCUT2D eigenvalue weighted by molar-refractivity contribution is 9.10. The molecule has 1 aliphatic rings. The average molecular weight is 485 g/mol. The van der Waals surface area contributed by atoms with Crippen LogP contribution in [0.2, 0.25) is 0 Å². The molecule has 156 valence electrons. The predicted molar refractivity (Wildman–Crippen MR) is 127 cm³/mol. The number of rotatable bonds is 6. The zero-order valence-electron chi connectivity index (χ0n) is 17.0. The maximum Gasteiger partial charge on any atom is 0.170 e. The molecule has 0 aliphatic carbocycles. The van der Waals surface area contributed by atoms with E-state index >= 15 is 0 Å². The number of hydrogen-bond donors (Lipinski definition) is 2. The van der Waals surface area contributed by atoms with Gasteiger partial charge in [0.1, 0.15) is 0 Å². The van der Waals surface area contributed by atoms with Gasteiger partial charge >= 0.3 is 0 Å². The Morgan fingerprint density at radius 1 is 1.17 bits per heavy atom. The molecular weight excluding hydrogens is 460 g/mol. The average Bonchev–Trinajstić information content (AvgIpc) is 3.23. The molecule has 5 nitrogen and oxygen atoms in total. The Morgan fingerprint density at radius 3 is 2.60 bits per heavy atom. The van der Waals surface area contributed by atoms with Crippen molar-refractivity contribution in [2.24, 2.45) is 0 Å². The lowest BCUT2D eigenvalue weighted by Crippen LogP contribution is -2.31. The molecule has 0 radical (unpaired) electrons. The number of thiocarbonyl (C=S) groups is 1. The van der Waals surface area contributed by atoms with Gasteiger partial charge in [-0.2, -0.15) is 0 Å². The highest BCUT2D eigenvalue weighted by Gasteiger charge is 2.41. The number of pyridine rings is 1. The molecule has 0 spiro atoms. The largest absolute Gasteiger partial charge is 0.396 e. The van der Waals surface area contributed by atoms with E-state index in [0.29, 0.717) is 18.1 Å². The second kappa shape index (κ2) is 8.88. The lowest BCUT2D eigenvalue weighted by Gasteiger charge is -2.28. The molecular formula is C23H25BrN4OS. The van der Waals surface area contributed by atoms with E-state index in [0.717, 1.165) is 15.9 Å². The summed E-state index contributed by atoms with van der Waals surface area (Å²) in [6.45, 7) is 5.12. The first-order chi connectivity index (χ1) is 14.5. The minimum atomic E-state index is -0.0451. The smallest absolute Gasteiger partial charge is 0.170 e. The van der Waals surface area contributed by atoms with Crippen LogP contribution in [0.4, 0.5) is 0 Å². The molecule has 2 N–H and O–H groups in total. The van der Waals surface area contributed by atoms with Crippen molar-refractivity contribution in [1.82, 2.24) is 19.8 Å². The Hall–Kier alpha value is -2.22. The minimum absolute atomic E-state index is 0.00866.